The largest absolute Gasteiger partial charge is 0.337 e. The van der Waals surface area contributed by atoms with Crippen LogP contribution >= 0.6 is 0 Å². The molecule has 3 aliphatic rings. The van der Waals surface area contributed by atoms with Gasteiger partial charge in [-0.1, -0.05) is 6.92 Å². The molecule has 4 rings (SSSR count). The molecule has 0 aliphatic carbocycles. The highest BCUT2D eigenvalue weighted by molar-refractivity contribution is 5.97. The van der Waals surface area contributed by atoms with E-state index >= 15 is 0 Å². The van der Waals surface area contributed by atoms with E-state index in [4.69, 9.17) is 0 Å². The fraction of sp³-hybridized carbons (Fsp3) is 0.750. The molecule has 4 heterocycles. The Balaban J connectivity index is 1.64. The molecule has 0 N–H and O–H groups in total. The molecule has 1 aromatic rings. The summed E-state index contributed by atoms with van der Waals surface area (Å²) in [5.74, 6) is 1.08. The minimum Gasteiger partial charge on any atom is -0.337 e. The zero-order valence-electron chi connectivity index (χ0n) is 15.9. The minimum atomic E-state index is 0.0129. The van der Waals surface area contributed by atoms with Crippen molar-refractivity contribution in [3.05, 3.63) is 17.2 Å². The highest BCUT2D eigenvalue weighted by atomic mass is 16.2. The number of hydrogen-bond donors (Lipinski definition) is 0. The normalized spacial score (nSPS) is 23.7. The lowest BCUT2D eigenvalue weighted by Gasteiger charge is -2.30. The number of nitrogens with zero attached hydrogens (tertiary/aromatic N) is 4. The van der Waals surface area contributed by atoms with Gasteiger partial charge in [0.25, 0.3) is 11.8 Å². The van der Waals surface area contributed by atoms with Gasteiger partial charge >= 0.3 is 0 Å². The van der Waals surface area contributed by atoms with E-state index in [-0.39, 0.29) is 11.8 Å². The third-order valence-corrected chi connectivity index (χ3v) is 6.10. The van der Waals surface area contributed by atoms with Gasteiger partial charge in [0.15, 0.2) is 5.82 Å². The van der Waals surface area contributed by atoms with Gasteiger partial charge in [0, 0.05) is 32.7 Å². The van der Waals surface area contributed by atoms with Crippen LogP contribution in [-0.4, -0.2) is 57.3 Å². The molecule has 1 atom stereocenters. The maximum Gasteiger partial charge on any atom is 0.289 e. The SMILES string of the molecule is CC1CCCN(C(=O)c2nc(C(=O)N3CCCCC3)n3c2CCCC3)C1. The van der Waals surface area contributed by atoms with Crippen LogP contribution in [0.15, 0.2) is 0 Å². The Hall–Kier alpha value is -1.85. The van der Waals surface area contributed by atoms with Gasteiger partial charge in [-0.15, -0.1) is 0 Å². The molecular formula is C20H30N4O2. The predicted octanol–water partition coefficient (Wildman–Crippen LogP) is 2.72. The lowest BCUT2D eigenvalue weighted by Crippen LogP contribution is -2.39. The molecule has 6 nitrogen and oxygen atoms in total. The van der Waals surface area contributed by atoms with Gasteiger partial charge in [0.05, 0.1) is 5.69 Å². The summed E-state index contributed by atoms with van der Waals surface area (Å²) in [6, 6.07) is 0. The minimum absolute atomic E-state index is 0.0129. The number of amides is 2. The number of imidazole rings is 1. The van der Waals surface area contributed by atoms with Crippen LogP contribution in [-0.2, 0) is 13.0 Å². The van der Waals surface area contributed by atoms with Crippen molar-refractivity contribution >= 4 is 11.8 Å². The maximum atomic E-state index is 13.2. The lowest BCUT2D eigenvalue weighted by atomic mass is 9.99. The second-order valence-corrected chi connectivity index (χ2v) is 8.19. The first kappa shape index (κ1) is 17.6. The van der Waals surface area contributed by atoms with E-state index in [2.05, 4.69) is 11.9 Å². The van der Waals surface area contributed by atoms with Crippen LogP contribution in [0, 0.1) is 5.92 Å². The number of piperidine rings is 2. The molecule has 2 fully saturated rings. The highest BCUT2D eigenvalue weighted by Gasteiger charge is 2.32. The van der Waals surface area contributed by atoms with Crippen molar-refractivity contribution in [1.29, 1.82) is 0 Å². The molecule has 2 amide bonds. The second-order valence-electron chi connectivity index (χ2n) is 8.19. The van der Waals surface area contributed by atoms with Crippen molar-refractivity contribution in [2.75, 3.05) is 26.2 Å². The third-order valence-electron chi connectivity index (χ3n) is 6.10. The monoisotopic (exact) mass is 358 g/mol. The van der Waals surface area contributed by atoms with Crippen LogP contribution in [0.2, 0.25) is 0 Å². The summed E-state index contributed by atoms with van der Waals surface area (Å²) in [6.45, 7) is 6.25. The summed E-state index contributed by atoms with van der Waals surface area (Å²) in [6.07, 6.45) is 8.54. The Labute approximate surface area is 155 Å². The summed E-state index contributed by atoms with van der Waals surface area (Å²) in [7, 11) is 0. The number of aromatic nitrogens is 2. The molecule has 0 bridgehead atoms. The van der Waals surface area contributed by atoms with Crippen LogP contribution in [0.5, 0.6) is 0 Å². The Morgan fingerprint density at radius 3 is 2.38 bits per heavy atom. The molecule has 1 aromatic heterocycles. The van der Waals surface area contributed by atoms with Crippen molar-refractivity contribution in [3.63, 3.8) is 0 Å². The quantitative estimate of drug-likeness (QED) is 0.817. The average molecular weight is 358 g/mol. The van der Waals surface area contributed by atoms with Gasteiger partial charge in [-0.25, -0.2) is 4.98 Å². The Bertz CT molecular complexity index is 690. The van der Waals surface area contributed by atoms with Crippen molar-refractivity contribution in [2.24, 2.45) is 5.92 Å². The van der Waals surface area contributed by atoms with Crippen molar-refractivity contribution in [2.45, 2.75) is 64.8 Å². The smallest absolute Gasteiger partial charge is 0.289 e. The second kappa shape index (κ2) is 7.41. The average Bonchev–Trinajstić information content (AvgIpc) is 3.07. The highest BCUT2D eigenvalue weighted by Crippen LogP contribution is 2.25. The van der Waals surface area contributed by atoms with Gasteiger partial charge in [-0.2, -0.15) is 0 Å². The third kappa shape index (κ3) is 3.26. The molecule has 142 valence electrons. The van der Waals surface area contributed by atoms with E-state index in [1.165, 1.54) is 12.8 Å². The number of carbonyl (C=O) groups excluding carboxylic acids is 2. The molecule has 2 saturated heterocycles. The van der Waals surface area contributed by atoms with Crippen LogP contribution in [0.4, 0.5) is 0 Å². The number of rotatable bonds is 2. The summed E-state index contributed by atoms with van der Waals surface area (Å²) in [4.78, 5) is 34.7. The van der Waals surface area contributed by atoms with Gasteiger partial charge < -0.3 is 14.4 Å². The molecule has 0 saturated carbocycles. The number of carbonyl (C=O) groups is 2. The van der Waals surface area contributed by atoms with E-state index in [1.54, 1.807) is 0 Å². The van der Waals surface area contributed by atoms with E-state index in [9.17, 15) is 9.59 Å². The van der Waals surface area contributed by atoms with Crippen molar-refractivity contribution in [1.82, 2.24) is 19.4 Å². The van der Waals surface area contributed by atoms with Crippen LogP contribution in [0.25, 0.3) is 0 Å². The molecule has 3 aliphatic heterocycles. The van der Waals surface area contributed by atoms with E-state index < -0.39 is 0 Å². The van der Waals surface area contributed by atoms with Crippen LogP contribution < -0.4 is 0 Å². The fourth-order valence-corrected chi connectivity index (χ4v) is 4.64. The topological polar surface area (TPSA) is 58.4 Å². The van der Waals surface area contributed by atoms with Gasteiger partial charge in [0.1, 0.15) is 5.69 Å². The summed E-state index contributed by atoms with van der Waals surface area (Å²) < 4.78 is 2.04. The first-order valence-corrected chi connectivity index (χ1v) is 10.3. The zero-order chi connectivity index (χ0) is 18.1. The van der Waals surface area contributed by atoms with Gasteiger partial charge in [0.2, 0.25) is 0 Å². The molecule has 1 unspecified atom stereocenters. The lowest BCUT2D eigenvalue weighted by molar-refractivity contribution is 0.0676. The van der Waals surface area contributed by atoms with Crippen molar-refractivity contribution < 1.29 is 9.59 Å². The van der Waals surface area contributed by atoms with Gasteiger partial charge in [-0.3, -0.25) is 9.59 Å². The number of hydrogen-bond acceptors (Lipinski definition) is 3. The fourth-order valence-electron chi connectivity index (χ4n) is 4.64. The first-order chi connectivity index (χ1) is 12.6. The summed E-state index contributed by atoms with van der Waals surface area (Å²) in [5, 5.41) is 0. The molecule has 0 spiro atoms. The maximum absolute atomic E-state index is 13.2. The number of likely N-dealkylation sites (tertiary alicyclic amines) is 2. The molecule has 26 heavy (non-hydrogen) atoms. The Morgan fingerprint density at radius 2 is 1.62 bits per heavy atom. The zero-order valence-corrected chi connectivity index (χ0v) is 15.9. The standard InChI is InChI=1S/C20H30N4O2/c1-15-8-7-12-23(14-15)19(25)17-16-9-3-6-13-24(16)18(21-17)20(26)22-10-4-2-5-11-22/h15H,2-14H2,1H3. The van der Waals surface area contributed by atoms with E-state index in [0.717, 1.165) is 76.9 Å². The molecule has 0 aromatic carbocycles. The van der Waals surface area contributed by atoms with E-state index in [1.807, 2.05) is 14.4 Å². The Kier molecular flexibility index (Phi) is 5.00. The van der Waals surface area contributed by atoms with Gasteiger partial charge in [-0.05, 0) is 57.3 Å². The predicted molar refractivity (Wildman–Crippen MR) is 99.2 cm³/mol. The molecular weight excluding hydrogens is 328 g/mol. The summed E-state index contributed by atoms with van der Waals surface area (Å²) >= 11 is 0. The molecule has 0 radical (unpaired) electrons. The Morgan fingerprint density at radius 1 is 0.885 bits per heavy atom. The van der Waals surface area contributed by atoms with Crippen LogP contribution in [0.3, 0.4) is 0 Å². The van der Waals surface area contributed by atoms with Crippen molar-refractivity contribution in [3.8, 4) is 0 Å². The van der Waals surface area contributed by atoms with E-state index in [0.29, 0.717) is 17.4 Å². The first-order valence-electron chi connectivity index (χ1n) is 10.3. The number of fused-ring (bicyclic) bond motifs is 1. The summed E-state index contributed by atoms with van der Waals surface area (Å²) in [5.41, 5.74) is 1.53. The van der Waals surface area contributed by atoms with Crippen LogP contribution in [0.1, 0.15) is 78.7 Å². The molecule has 6 heteroatoms.